The number of aromatic nitrogens is 2. The van der Waals surface area contributed by atoms with Crippen LogP contribution in [0, 0.1) is 0 Å². The van der Waals surface area contributed by atoms with Crippen LogP contribution in [0.1, 0.15) is 42.1 Å². The highest BCUT2D eigenvalue weighted by Gasteiger charge is 2.25. The highest BCUT2D eigenvalue weighted by atomic mass is 35.5. The minimum Gasteiger partial charge on any atom is -0.493 e. The van der Waals surface area contributed by atoms with Gasteiger partial charge in [-0.05, 0) is 49.1 Å². The highest BCUT2D eigenvalue weighted by Crippen LogP contribution is 2.30. The quantitative estimate of drug-likeness (QED) is 0.622. The molecule has 0 fully saturated rings. The Morgan fingerprint density at radius 3 is 2.76 bits per heavy atom. The Balaban J connectivity index is 1.33. The number of halogens is 1. The van der Waals surface area contributed by atoms with Gasteiger partial charge in [0, 0.05) is 16.3 Å². The topological polar surface area (TPSA) is 56.1 Å². The second kappa shape index (κ2) is 9.14. The van der Waals surface area contributed by atoms with E-state index in [4.69, 9.17) is 16.3 Å². The van der Waals surface area contributed by atoms with E-state index in [0.29, 0.717) is 23.8 Å². The van der Waals surface area contributed by atoms with E-state index in [1.54, 1.807) is 24.3 Å². The van der Waals surface area contributed by atoms with Crippen LogP contribution in [-0.4, -0.2) is 22.3 Å². The lowest BCUT2D eigenvalue weighted by atomic mass is 9.92. The van der Waals surface area contributed by atoms with Gasteiger partial charge in [-0.3, -0.25) is 9.48 Å². The summed E-state index contributed by atoms with van der Waals surface area (Å²) in [6.45, 7) is 1.09. The lowest BCUT2D eigenvalue weighted by Gasteiger charge is -2.24. The number of rotatable bonds is 7. The van der Waals surface area contributed by atoms with E-state index < -0.39 is 0 Å². The third-order valence-electron chi connectivity index (χ3n) is 5.18. The van der Waals surface area contributed by atoms with Gasteiger partial charge < -0.3 is 10.1 Å². The van der Waals surface area contributed by atoms with E-state index in [-0.39, 0.29) is 11.9 Å². The first-order valence-corrected chi connectivity index (χ1v) is 10.3. The zero-order valence-corrected chi connectivity index (χ0v) is 16.9. The van der Waals surface area contributed by atoms with Gasteiger partial charge in [0.1, 0.15) is 5.75 Å². The lowest BCUT2D eigenvalue weighted by Crippen LogP contribution is -2.31. The zero-order valence-electron chi connectivity index (χ0n) is 16.2. The van der Waals surface area contributed by atoms with E-state index >= 15 is 0 Å². The van der Waals surface area contributed by atoms with Crippen molar-refractivity contribution in [3.05, 3.63) is 82.6 Å². The summed E-state index contributed by atoms with van der Waals surface area (Å²) in [6, 6.07) is 17.5. The van der Waals surface area contributed by atoms with Crippen LogP contribution < -0.4 is 10.1 Å². The Labute approximate surface area is 175 Å². The molecule has 1 aliphatic carbocycles. The van der Waals surface area contributed by atoms with Crippen molar-refractivity contribution < 1.29 is 9.53 Å². The van der Waals surface area contributed by atoms with Gasteiger partial charge in [-0.25, -0.2) is 0 Å². The number of benzene rings is 2. The third-order valence-corrected chi connectivity index (χ3v) is 5.44. The summed E-state index contributed by atoms with van der Waals surface area (Å²) in [5, 5.41) is 8.41. The van der Waals surface area contributed by atoms with E-state index in [9.17, 15) is 4.79 Å². The molecule has 4 rings (SSSR count). The van der Waals surface area contributed by atoms with Crippen LogP contribution in [0.25, 0.3) is 0 Å². The first kappa shape index (κ1) is 19.5. The van der Waals surface area contributed by atoms with Gasteiger partial charge in [-0.2, -0.15) is 5.10 Å². The molecule has 1 atom stereocenters. The van der Waals surface area contributed by atoms with Crippen molar-refractivity contribution in [2.45, 2.75) is 38.3 Å². The molecule has 1 heterocycles. The average Bonchev–Trinajstić information content (AvgIpc) is 3.14. The fourth-order valence-corrected chi connectivity index (χ4v) is 3.85. The van der Waals surface area contributed by atoms with Crippen molar-refractivity contribution in [3.8, 4) is 5.75 Å². The number of hydrogen-bond acceptors (Lipinski definition) is 3. The van der Waals surface area contributed by atoms with Gasteiger partial charge in [0.15, 0.2) is 0 Å². The molecule has 3 aromatic rings. The smallest absolute Gasteiger partial charge is 0.223 e. The molecule has 6 heteroatoms. The summed E-state index contributed by atoms with van der Waals surface area (Å²) in [5.74, 6) is 0.706. The van der Waals surface area contributed by atoms with Crippen LogP contribution in [0.2, 0.25) is 5.02 Å². The van der Waals surface area contributed by atoms with Gasteiger partial charge >= 0.3 is 0 Å². The molecule has 1 aromatic heterocycles. The molecule has 0 unspecified atom stereocenters. The van der Waals surface area contributed by atoms with Gasteiger partial charge in [-0.1, -0.05) is 41.9 Å². The molecular formula is C23H24ClN3O2. The number of ether oxygens (including phenoxy) is 1. The minimum atomic E-state index is -0.00683. The predicted molar refractivity (Wildman–Crippen MR) is 113 cm³/mol. The second-order valence-electron chi connectivity index (χ2n) is 7.25. The van der Waals surface area contributed by atoms with Crippen LogP contribution in [0.15, 0.2) is 60.8 Å². The third kappa shape index (κ3) is 4.98. The van der Waals surface area contributed by atoms with Crippen molar-refractivity contribution in [1.29, 1.82) is 0 Å². The fourth-order valence-electron chi connectivity index (χ4n) is 3.72. The molecule has 1 aliphatic rings. The van der Waals surface area contributed by atoms with Crippen molar-refractivity contribution in [2.75, 3.05) is 6.61 Å². The standard InChI is InChI=1S/C23H24ClN3O2/c24-18-9-11-19(12-10-18)29-14-13-23(28)26-21-7-4-8-22-20(21)15-25-27(22)16-17-5-2-1-3-6-17/h1-3,5-6,9-12,15,21H,4,7-8,13-14,16H2,(H,26,28)/t21-/m0/s1. The molecule has 29 heavy (non-hydrogen) atoms. The molecular weight excluding hydrogens is 386 g/mol. The molecule has 0 saturated carbocycles. The summed E-state index contributed by atoms with van der Waals surface area (Å²) in [5.41, 5.74) is 3.59. The normalized spacial score (nSPS) is 15.6. The Bertz CT molecular complexity index is 954. The number of carbonyl (C=O) groups excluding carboxylic acids is 1. The van der Waals surface area contributed by atoms with E-state index in [0.717, 1.165) is 31.4 Å². The van der Waals surface area contributed by atoms with Crippen molar-refractivity contribution in [3.63, 3.8) is 0 Å². The molecule has 0 saturated heterocycles. The molecule has 2 aromatic carbocycles. The van der Waals surface area contributed by atoms with E-state index in [1.165, 1.54) is 11.3 Å². The molecule has 150 valence electrons. The molecule has 0 aliphatic heterocycles. The number of nitrogens with one attached hydrogen (secondary N) is 1. The molecule has 0 spiro atoms. The Kier molecular flexibility index (Phi) is 6.15. The Hall–Kier alpha value is -2.79. The number of amides is 1. The number of nitrogens with zero attached hydrogens (tertiary/aromatic N) is 2. The van der Waals surface area contributed by atoms with Crippen LogP contribution in [-0.2, 0) is 17.8 Å². The van der Waals surface area contributed by atoms with Crippen molar-refractivity contribution in [2.24, 2.45) is 0 Å². The monoisotopic (exact) mass is 409 g/mol. The molecule has 0 radical (unpaired) electrons. The maximum atomic E-state index is 12.4. The van der Waals surface area contributed by atoms with Gasteiger partial charge in [0.05, 0.1) is 31.8 Å². The van der Waals surface area contributed by atoms with Crippen LogP contribution in [0.4, 0.5) is 0 Å². The summed E-state index contributed by atoms with van der Waals surface area (Å²) < 4.78 is 7.69. The van der Waals surface area contributed by atoms with Crippen LogP contribution in [0.3, 0.4) is 0 Å². The van der Waals surface area contributed by atoms with Crippen molar-refractivity contribution in [1.82, 2.24) is 15.1 Å². The first-order chi connectivity index (χ1) is 14.2. The SMILES string of the molecule is O=C(CCOc1ccc(Cl)cc1)N[C@H]1CCCc2c1cnn2Cc1ccccc1. The summed E-state index contributed by atoms with van der Waals surface area (Å²) in [4.78, 5) is 12.4. The minimum absolute atomic E-state index is 0.00683. The molecule has 1 N–H and O–H groups in total. The van der Waals surface area contributed by atoms with Crippen LogP contribution >= 0.6 is 11.6 Å². The fraction of sp³-hybridized carbons (Fsp3) is 0.304. The molecule has 1 amide bonds. The maximum Gasteiger partial charge on any atom is 0.223 e. The number of fused-ring (bicyclic) bond motifs is 1. The van der Waals surface area contributed by atoms with Gasteiger partial charge in [0.25, 0.3) is 0 Å². The average molecular weight is 410 g/mol. The zero-order chi connectivity index (χ0) is 20.1. The number of carbonyl (C=O) groups is 1. The summed E-state index contributed by atoms with van der Waals surface area (Å²) in [7, 11) is 0. The van der Waals surface area contributed by atoms with E-state index in [1.807, 2.05) is 24.4 Å². The van der Waals surface area contributed by atoms with Gasteiger partial charge in [0.2, 0.25) is 5.91 Å². The summed E-state index contributed by atoms with van der Waals surface area (Å²) in [6.07, 6.45) is 5.20. The predicted octanol–water partition coefficient (Wildman–Crippen LogP) is 4.55. The maximum absolute atomic E-state index is 12.4. The first-order valence-electron chi connectivity index (χ1n) is 9.95. The Morgan fingerprint density at radius 1 is 1.17 bits per heavy atom. The lowest BCUT2D eigenvalue weighted by molar-refractivity contribution is -0.122. The van der Waals surface area contributed by atoms with E-state index in [2.05, 4.69) is 27.2 Å². The van der Waals surface area contributed by atoms with Crippen LogP contribution in [0.5, 0.6) is 5.75 Å². The highest BCUT2D eigenvalue weighted by molar-refractivity contribution is 6.30. The molecule has 5 nitrogen and oxygen atoms in total. The van der Waals surface area contributed by atoms with Crippen molar-refractivity contribution >= 4 is 17.5 Å². The molecule has 0 bridgehead atoms. The van der Waals surface area contributed by atoms with Gasteiger partial charge in [-0.15, -0.1) is 0 Å². The second-order valence-corrected chi connectivity index (χ2v) is 7.69. The summed E-state index contributed by atoms with van der Waals surface area (Å²) >= 11 is 5.87. The number of hydrogen-bond donors (Lipinski definition) is 1. The Morgan fingerprint density at radius 2 is 1.97 bits per heavy atom. The largest absolute Gasteiger partial charge is 0.493 e.